The predicted octanol–water partition coefficient (Wildman–Crippen LogP) is 0.524. The van der Waals surface area contributed by atoms with Crippen molar-refractivity contribution in [2.75, 3.05) is 13.1 Å². The molecule has 0 aromatic carbocycles. The lowest BCUT2D eigenvalue weighted by atomic mass is 10.4. The molecule has 68 valence electrons. The summed E-state index contributed by atoms with van der Waals surface area (Å²) in [5, 5.41) is 13.6. The van der Waals surface area contributed by atoms with Gasteiger partial charge < -0.3 is 4.90 Å². The minimum atomic E-state index is -0.238. The fourth-order valence-electron chi connectivity index (χ4n) is 0.832. The molecule has 1 amide bonds. The van der Waals surface area contributed by atoms with E-state index in [1.165, 1.54) is 4.90 Å². The maximum atomic E-state index is 11.5. The molecule has 13 heavy (non-hydrogen) atoms. The number of rotatable bonds is 3. The van der Waals surface area contributed by atoms with Crippen LogP contribution in [-0.4, -0.2) is 33.5 Å². The number of hydrogen-bond donors (Lipinski definition) is 0. The minimum Gasteiger partial charge on any atom is -0.324 e. The first-order chi connectivity index (χ1) is 6.29. The Labute approximate surface area is 79.8 Å². The van der Waals surface area contributed by atoms with E-state index in [4.69, 9.17) is 5.26 Å². The molecule has 6 heteroatoms. The lowest BCUT2D eigenvalue weighted by Gasteiger charge is -2.14. The molecule has 0 unspecified atom stereocenters. The van der Waals surface area contributed by atoms with Crippen molar-refractivity contribution in [1.82, 2.24) is 14.5 Å². The summed E-state index contributed by atoms with van der Waals surface area (Å²) in [4.78, 5) is 12.9. The van der Waals surface area contributed by atoms with Crippen molar-refractivity contribution in [1.29, 1.82) is 5.26 Å². The van der Waals surface area contributed by atoms with E-state index < -0.39 is 0 Å². The molecule has 1 aromatic rings. The van der Waals surface area contributed by atoms with Crippen molar-refractivity contribution in [2.24, 2.45) is 0 Å². The van der Waals surface area contributed by atoms with Crippen LogP contribution in [0.2, 0.25) is 0 Å². The summed E-state index contributed by atoms with van der Waals surface area (Å²) < 4.78 is 3.58. The van der Waals surface area contributed by atoms with E-state index >= 15 is 0 Å². The van der Waals surface area contributed by atoms with E-state index in [0.29, 0.717) is 12.2 Å². The van der Waals surface area contributed by atoms with Gasteiger partial charge in [0.2, 0.25) is 0 Å². The molecule has 0 bridgehead atoms. The van der Waals surface area contributed by atoms with E-state index in [9.17, 15) is 4.79 Å². The van der Waals surface area contributed by atoms with Gasteiger partial charge in [-0.05, 0) is 18.5 Å². The van der Waals surface area contributed by atoms with Crippen LogP contribution >= 0.6 is 11.5 Å². The molecular formula is C7H8N4OS. The Morgan fingerprint density at radius 3 is 3.08 bits per heavy atom. The summed E-state index contributed by atoms with van der Waals surface area (Å²) in [6.07, 6.45) is 0. The molecule has 0 saturated heterocycles. The molecule has 1 heterocycles. The Balaban J connectivity index is 2.72. The predicted molar refractivity (Wildman–Crippen MR) is 47.1 cm³/mol. The van der Waals surface area contributed by atoms with Crippen LogP contribution in [0.5, 0.6) is 0 Å². The van der Waals surface area contributed by atoms with Crippen LogP contribution in [0.25, 0.3) is 0 Å². The zero-order valence-corrected chi connectivity index (χ0v) is 7.91. The second kappa shape index (κ2) is 4.52. The molecule has 0 N–H and O–H groups in total. The van der Waals surface area contributed by atoms with Gasteiger partial charge in [0.05, 0.1) is 6.07 Å². The van der Waals surface area contributed by atoms with Gasteiger partial charge in [-0.3, -0.25) is 4.79 Å². The lowest BCUT2D eigenvalue weighted by molar-refractivity contribution is 0.0778. The minimum absolute atomic E-state index is 0.0901. The van der Waals surface area contributed by atoms with Crippen LogP contribution in [-0.2, 0) is 0 Å². The Morgan fingerprint density at radius 1 is 1.85 bits per heavy atom. The number of nitrogens with zero attached hydrogens (tertiary/aromatic N) is 4. The normalized spacial score (nSPS) is 9.23. The van der Waals surface area contributed by atoms with E-state index in [0.717, 1.165) is 11.5 Å². The third-order valence-electron chi connectivity index (χ3n) is 1.51. The first-order valence-corrected chi connectivity index (χ1v) is 4.56. The van der Waals surface area contributed by atoms with Crippen LogP contribution in [0.1, 0.15) is 17.4 Å². The molecule has 0 radical (unpaired) electrons. The molecule has 1 rings (SSSR count). The third kappa shape index (κ3) is 2.23. The van der Waals surface area contributed by atoms with Gasteiger partial charge in [-0.15, -0.1) is 5.10 Å². The standard InChI is InChI=1S/C7H8N4OS/c1-2-11(4-3-8)7(12)6-5-13-10-9-6/h5H,2,4H2,1H3. The zero-order chi connectivity index (χ0) is 9.68. The van der Waals surface area contributed by atoms with E-state index in [1.807, 2.05) is 13.0 Å². The maximum Gasteiger partial charge on any atom is 0.276 e. The topological polar surface area (TPSA) is 69.9 Å². The molecule has 1 aromatic heterocycles. The average Bonchev–Trinajstić information content (AvgIpc) is 2.65. The van der Waals surface area contributed by atoms with Gasteiger partial charge in [-0.25, -0.2) is 0 Å². The van der Waals surface area contributed by atoms with Gasteiger partial charge >= 0.3 is 0 Å². The zero-order valence-electron chi connectivity index (χ0n) is 7.10. The van der Waals surface area contributed by atoms with Gasteiger partial charge in [0, 0.05) is 11.9 Å². The fraction of sp³-hybridized carbons (Fsp3) is 0.429. The van der Waals surface area contributed by atoms with Gasteiger partial charge in [-0.1, -0.05) is 4.49 Å². The van der Waals surface area contributed by atoms with E-state index in [-0.39, 0.29) is 12.5 Å². The summed E-state index contributed by atoms with van der Waals surface area (Å²) >= 11 is 1.12. The van der Waals surface area contributed by atoms with Gasteiger partial charge in [-0.2, -0.15) is 5.26 Å². The van der Waals surface area contributed by atoms with Crippen LogP contribution in [0.3, 0.4) is 0 Å². The number of nitriles is 1. The number of hydrogen-bond acceptors (Lipinski definition) is 5. The van der Waals surface area contributed by atoms with Crippen molar-refractivity contribution >= 4 is 17.4 Å². The highest BCUT2D eigenvalue weighted by Crippen LogP contribution is 2.02. The molecule has 0 saturated carbocycles. The first kappa shape index (κ1) is 9.61. The third-order valence-corrected chi connectivity index (χ3v) is 2.01. The van der Waals surface area contributed by atoms with Crippen molar-refractivity contribution in [2.45, 2.75) is 6.92 Å². The second-order valence-electron chi connectivity index (χ2n) is 2.27. The highest BCUT2D eigenvalue weighted by atomic mass is 32.1. The van der Waals surface area contributed by atoms with Crippen LogP contribution in [0.15, 0.2) is 5.38 Å². The number of aromatic nitrogens is 2. The van der Waals surface area contributed by atoms with Crippen molar-refractivity contribution < 1.29 is 4.79 Å². The Kier molecular flexibility index (Phi) is 3.34. The Hall–Kier alpha value is -1.48. The van der Waals surface area contributed by atoms with Gasteiger partial charge in [0.15, 0.2) is 5.69 Å². The highest BCUT2D eigenvalue weighted by Gasteiger charge is 2.15. The summed E-state index contributed by atoms with van der Waals surface area (Å²) in [6, 6.07) is 1.92. The molecule has 0 aliphatic carbocycles. The number of amides is 1. The number of carbonyl (C=O) groups is 1. The van der Waals surface area contributed by atoms with E-state index in [1.54, 1.807) is 5.38 Å². The van der Waals surface area contributed by atoms with Crippen molar-refractivity contribution in [3.63, 3.8) is 0 Å². The molecule has 0 aliphatic rings. The lowest BCUT2D eigenvalue weighted by Crippen LogP contribution is -2.31. The fourth-order valence-corrected chi connectivity index (χ4v) is 1.26. The van der Waals surface area contributed by atoms with Crippen LogP contribution < -0.4 is 0 Å². The van der Waals surface area contributed by atoms with Crippen molar-refractivity contribution in [3.8, 4) is 6.07 Å². The SMILES string of the molecule is CCN(CC#N)C(=O)c1csnn1. The Bertz CT molecular complexity index is 316. The summed E-state index contributed by atoms with van der Waals surface area (Å²) in [6.45, 7) is 2.41. The monoisotopic (exact) mass is 196 g/mol. The second-order valence-corrected chi connectivity index (χ2v) is 2.88. The van der Waals surface area contributed by atoms with Crippen LogP contribution in [0, 0.1) is 11.3 Å². The molecule has 0 aliphatic heterocycles. The summed E-state index contributed by atoms with van der Waals surface area (Å²) in [5.74, 6) is -0.238. The molecule has 0 fully saturated rings. The maximum absolute atomic E-state index is 11.5. The Morgan fingerprint density at radius 2 is 2.62 bits per heavy atom. The average molecular weight is 196 g/mol. The largest absolute Gasteiger partial charge is 0.324 e. The molecule has 0 spiro atoms. The highest BCUT2D eigenvalue weighted by molar-refractivity contribution is 7.03. The van der Waals surface area contributed by atoms with Crippen LogP contribution in [0.4, 0.5) is 0 Å². The van der Waals surface area contributed by atoms with Gasteiger partial charge in [0.1, 0.15) is 6.54 Å². The molecule has 5 nitrogen and oxygen atoms in total. The van der Waals surface area contributed by atoms with E-state index in [2.05, 4.69) is 9.59 Å². The number of carbonyl (C=O) groups excluding carboxylic acids is 1. The smallest absolute Gasteiger partial charge is 0.276 e. The first-order valence-electron chi connectivity index (χ1n) is 3.73. The van der Waals surface area contributed by atoms with Crippen molar-refractivity contribution in [3.05, 3.63) is 11.1 Å². The van der Waals surface area contributed by atoms with Gasteiger partial charge in [0.25, 0.3) is 5.91 Å². The summed E-state index contributed by atoms with van der Waals surface area (Å²) in [7, 11) is 0. The molecular weight excluding hydrogens is 188 g/mol. The molecule has 0 atom stereocenters. The quantitative estimate of drug-likeness (QED) is 0.661. The summed E-state index contributed by atoms with van der Waals surface area (Å²) in [5.41, 5.74) is 0.308.